The molecule has 0 radical (unpaired) electrons. The van der Waals surface area contributed by atoms with Gasteiger partial charge in [-0.2, -0.15) is 0 Å². The Morgan fingerprint density at radius 3 is 1.28 bits per heavy atom. The van der Waals surface area contributed by atoms with Gasteiger partial charge in [-0.15, -0.1) is 0 Å². The molecule has 4 nitrogen and oxygen atoms in total. The van der Waals surface area contributed by atoms with E-state index in [1.165, 1.54) is 24.3 Å². The van der Waals surface area contributed by atoms with Crippen LogP contribution in [0.3, 0.4) is 0 Å². The van der Waals surface area contributed by atoms with Crippen LogP contribution in [0.4, 0.5) is 8.78 Å². The fourth-order valence-corrected chi connectivity index (χ4v) is 2.66. The van der Waals surface area contributed by atoms with E-state index in [0.29, 0.717) is 24.0 Å². The summed E-state index contributed by atoms with van der Waals surface area (Å²) in [5.41, 5.74) is 2.52. The smallest absolute Gasteiger partial charge is 0.333 e. The summed E-state index contributed by atoms with van der Waals surface area (Å²) in [5.74, 6) is -2.85. The number of esters is 2. The SMILES string of the molecule is C=C(C)C(=O)OCCc1ccc(/C(F)=C(/F)c2ccc(CCOC(=O)C(=C)C)cc2)cc1. The molecule has 0 atom stereocenters. The fourth-order valence-electron chi connectivity index (χ4n) is 2.66. The minimum absolute atomic E-state index is 0.112. The highest BCUT2D eigenvalue weighted by atomic mass is 19.2. The van der Waals surface area contributed by atoms with Gasteiger partial charge in [0, 0.05) is 35.1 Å². The number of halogens is 2. The number of rotatable bonds is 10. The zero-order chi connectivity index (χ0) is 23.7. The molecule has 168 valence electrons. The third-order valence-corrected chi connectivity index (χ3v) is 4.55. The number of carbonyl (C=O) groups is 2. The molecule has 0 aliphatic rings. The molecule has 0 amide bonds. The zero-order valence-electron chi connectivity index (χ0n) is 18.3. The predicted molar refractivity (Wildman–Crippen MR) is 121 cm³/mol. The van der Waals surface area contributed by atoms with Crippen molar-refractivity contribution in [3.63, 3.8) is 0 Å². The summed E-state index contributed by atoms with van der Waals surface area (Å²) in [4.78, 5) is 22.7. The van der Waals surface area contributed by atoms with Crippen LogP contribution in [0.2, 0.25) is 0 Å². The van der Waals surface area contributed by atoms with Gasteiger partial charge in [-0.3, -0.25) is 0 Å². The second-order valence-corrected chi connectivity index (χ2v) is 7.35. The third kappa shape index (κ3) is 7.30. The predicted octanol–water partition coefficient (Wildman–Crippen LogP) is 5.78. The number of hydrogen-bond donors (Lipinski definition) is 0. The molecule has 0 aliphatic heterocycles. The molecule has 0 bridgehead atoms. The van der Waals surface area contributed by atoms with Gasteiger partial charge in [0.1, 0.15) is 0 Å². The average molecular weight is 440 g/mol. The van der Waals surface area contributed by atoms with Crippen LogP contribution < -0.4 is 0 Å². The van der Waals surface area contributed by atoms with E-state index in [1.54, 1.807) is 38.1 Å². The molecule has 0 saturated heterocycles. The number of benzene rings is 2. The lowest BCUT2D eigenvalue weighted by Gasteiger charge is -2.07. The maximum atomic E-state index is 14.6. The standard InChI is InChI=1S/C26H26F2O4/c1-17(2)25(29)31-15-13-19-5-9-21(10-6-19)23(27)24(28)22-11-7-20(8-12-22)14-16-32-26(30)18(3)4/h5-12H,1,3,13-16H2,2,4H3/b24-23-. The molecule has 0 unspecified atom stereocenters. The van der Waals surface area contributed by atoms with Crippen molar-refractivity contribution in [2.45, 2.75) is 26.7 Å². The summed E-state index contributed by atoms with van der Waals surface area (Å²) < 4.78 is 39.3. The van der Waals surface area contributed by atoms with Gasteiger partial charge >= 0.3 is 11.9 Å². The monoisotopic (exact) mass is 440 g/mol. The van der Waals surface area contributed by atoms with E-state index < -0.39 is 23.6 Å². The maximum Gasteiger partial charge on any atom is 0.333 e. The second kappa shape index (κ2) is 11.7. The number of hydrogen-bond acceptors (Lipinski definition) is 4. The van der Waals surface area contributed by atoms with Crippen molar-refractivity contribution in [2.24, 2.45) is 0 Å². The summed E-state index contributed by atoms with van der Waals surface area (Å²) in [6.45, 7) is 10.5. The van der Waals surface area contributed by atoms with E-state index in [1.807, 2.05) is 0 Å². The van der Waals surface area contributed by atoms with Gasteiger partial charge in [0.25, 0.3) is 0 Å². The van der Waals surface area contributed by atoms with E-state index in [-0.39, 0.29) is 24.3 Å². The van der Waals surface area contributed by atoms with Gasteiger partial charge in [0.05, 0.1) is 13.2 Å². The highest BCUT2D eigenvalue weighted by Crippen LogP contribution is 2.29. The van der Waals surface area contributed by atoms with Crippen molar-refractivity contribution in [3.05, 3.63) is 95.1 Å². The first-order valence-electron chi connectivity index (χ1n) is 10.1. The quantitative estimate of drug-likeness (QED) is 0.267. The van der Waals surface area contributed by atoms with Crippen LogP contribution >= 0.6 is 0 Å². The Morgan fingerprint density at radius 2 is 1.00 bits per heavy atom. The molecule has 2 rings (SSSR count). The minimum atomic E-state index is -0.964. The molecule has 0 fully saturated rings. The number of ether oxygens (including phenoxy) is 2. The van der Waals surface area contributed by atoms with Crippen LogP contribution in [0.15, 0.2) is 72.8 Å². The van der Waals surface area contributed by atoms with Gasteiger partial charge < -0.3 is 9.47 Å². The molecular formula is C26H26F2O4. The Balaban J connectivity index is 1.97. The molecule has 2 aromatic rings. The van der Waals surface area contributed by atoms with Crippen molar-refractivity contribution in [1.82, 2.24) is 0 Å². The summed E-state index contributed by atoms with van der Waals surface area (Å²) >= 11 is 0. The maximum absolute atomic E-state index is 14.6. The number of carbonyl (C=O) groups excluding carboxylic acids is 2. The lowest BCUT2D eigenvalue weighted by atomic mass is 10.0. The van der Waals surface area contributed by atoms with Crippen molar-refractivity contribution in [1.29, 1.82) is 0 Å². The summed E-state index contributed by atoms with van der Waals surface area (Å²) in [6.07, 6.45) is 0.909. The first-order chi connectivity index (χ1) is 15.2. The van der Waals surface area contributed by atoms with E-state index in [9.17, 15) is 18.4 Å². The lowest BCUT2D eigenvalue weighted by Crippen LogP contribution is -2.08. The van der Waals surface area contributed by atoms with Crippen molar-refractivity contribution < 1.29 is 27.8 Å². The largest absolute Gasteiger partial charge is 0.462 e. The Hall–Kier alpha value is -3.54. The molecule has 2 aromatic carbocycles. The molecule has 32 heavy (non-hydrogen) atoms. The second-order valence-electron chi connectivity index (χ2n) is 7.35. The summed E-state index contributed by atoms with van der Waals surface area (Å²) in [7, 11) is 0. The molecule has 0 N–H and O–H groups in total. The first kappa shape index (κ1) is 24.7. The Bertz CT molecular complexity index is 935. The van der Waals surface area contributed by atoms with E-state index in [2.05, 4.69) is 13.2 Å². The van der Waals surface area contributed by atoms with Crippen LogP contribution in [0.1, 0.15) is 36.1 Å². The normalized spacial score (nSPS) is 11.4. The lowest BCUT2D eigenvalue weighted by molar-refractivity contribution is -0.139. The van der Waals surface area contributed by atoms with Crippen LogP contribution in [-0.2, 0) is 31.9 Å². The molecule has 0 aliphatic carbocycles. The minimum Gasteiger partial charge on any atom is -0.462 e. The Labute approximate surface area is 186 Å². The Kier molecular flexibility index (Phi) is 9.08. The molecule has 6 heteroatoms. The van der Waals surface area contributed by atoms with Gasteiger partial charge in [-0.1, -0.05) is 61.7 Å². The van der Waals surface area contributed by atoms with E-state index >= 15 is 0 Å². The van der Waals surface area contributed by atoms with Gasteiger partial charge in [0.15, 0.2) is 11.7 Å². The first-order valence-corrected chi connectivity index (χ1v) is 10.1. The van der Waals surface area contributed by atoms with Crippen molar-refractivity contribution in [3.8, 4) is 0 Å². The molecular weight excluding hydrogens is 414 g/mol. The van der Waals surface area contributed by atoms with Crippen molar-refractivity contribution >= 4 is 23.6 Å². The third-order valence-electron chi connectivity index (χ3n) is 4.55. The summed E-state index contributed by atoms with van der Waals surface area (Å²) in [5, 5.41) is 0. The Morgan fingerprint density at radius 1 is 0.688 bits per heavy atom. The highest BCUT2D eigenvalue weighted by Gasteiger charge is 2.12. The van der Waals surface area contributed by atoms with E-state index in [0.717, 1.165) is 11.1 Å². The summed E-state index contributed by atoms with van der Waals surface area (Å²) in [6, 6.07) is 12.6. The zero-order valence-corrected chi connectivity index (χ0v) is 18.3. The van der Waals surface area contributed by atoms with Crippen LogP contribution in [0.5, 0.6) is 0 Å². The van der Waals surface area contributed by atoms with Crippen molar-refractivity contribution in [2.75, 3.05) is 13.2 Å². The molecule has 0 aromatic heterocycles. The average Bonchev–Trinajstić information content (AvgIpc) is 2.78. The molecule has 0 heterocycles. The van der Waals surface area contributed by atoms with Crippen LogP contribution in [-0.4, -0.2) is 25.2 Å². The van der Waals surface area contributed by atoms with Crippen LogP contribution in [0, 0.1) is 0 Å². The molecule has 0 saturated carbocycles. The van der Waals surface area contributed by atoms with Gasteiger partial charge in [0.2, 0.25) is 0 Å². The molecule has 0 spiro atoms. The van der Waals surface area contributed by atoms with Gasteiger partial charge in [-0.05, 0) is 25.0 Å². The van der Waals surface area contributed by atoms with Crippen LogP contribution in [0.25, 0.3) is 11.7 Å². The van der Waals surface area contributed by atoms with Gasteiger partial charge in [-0.25, -0.2) is 18.4 Å². The highest BCUT2D eigenvalue weighted by molar-refractivity contribution is 5.87. The van der Waals surface area contributed by atoms with E-state index in [4.69, 9.17) is 9.47 Å². The fraction of sp³-hybridized carbons (Fsp3) is 0.231. The topological polar surface area (TPSA) is 52.6 Å².